The van der Waals surface area contributed by atoms with E-state index in [1.165, 1.54) is 41.5 Å². The van der Waals surface area contributed by atoms with E-state index in [2.05, 4.69) is 15.0 Å². The second kappa shape index (κ2) is 8.08. The third-order valence-corrected chi connectivity index (χ3v) is 7.31. The summed E-state index contributed by atoms with van der Waals surface area (Å²) in [6.07, 6.45) is 3.01. The van der Waals surface area contributed by atoms with Crippen LogP contribution in [0.25, 0.3) is 0 Å². The molecule has 9 heteroatoms. The van der Waals surface area contributed by atoms with Gasteiger partial charge in [-0.1, -0.05) is 17.7 Å². The summed E-state index contributed by atoms with van der Waals surface area (Å²) in [5, 5.41) is 3.30. The zero-order chi connectivity index (χ0) is 21.3. The minimum absolute atomic E-state index is 0.111. The SMILES string of the molecule is COc1ccc(C(=O)Nc2nc3c(s2)CCC3)cc1S(=O)(=O)Nc1ccc(C)cc1. The van der Waals surface area contributed by atoms with Crippen molar-refractivity contribution in [2.75, 3.05) is 17.1 Å². The number of carbonyl (C=O) groups excluding carboxylic acids is 1. The summed E-state index contributed by atoms with van der Waals surface area (Å²) in [6.45, 7) is 1.92. The largest absolute Gasteiger partial charge is 0.495 e. The van der Waals surface area contributed by atoms with Crippen LogP contribution in [-0.2, 0) is 22.9 Å². The first kappa shape index (κ1) is 20.4. The topological polar surface area (TPSA) is 97.4 Å². The van der Waals surface area contributed by atoms with Gasteiger partial charge in [0.1, 0.15) is 10.6 Å². The molecule has 3 aromatic rings. The highest BCUT2D eigenvalue weighted by atomic mass is 32.2. The van der Waals surface area contributed by atoms with Crippen molar-refractivity contribution in [1.29, 1.82) is 0 Å². The minimum atomic E-state index is -3.96. The molecule has 4 rings (SSSR count). The predicted molar refractivity (Wildman–Crippen MR) is 117 cm³/mol. The second-order valence-corrected chi connectivity index (χ2v) is 9.77. The van der Waals surface area contributed by atoms with Crippen molar-refractivity contribution in [2.24, 2.45) is 0 Å². The Morgan fingerprint density at radius 3 is 2.60 bits per heavy atom. The van der Waals surface area contributed by atoms with Crippen LogP contribution in [0.1, 0.15) is 32.9 Å². The van der Waals surface area contributed by atoms with Gasteiger partial charge in [0.2, 0.25) is 0 Å². The Labute approximate surface area is 179 Å². The summed E-state index contributed by atoms with van der Waals surface area (Å²) < 4.78 is 33.7. The Morgan fingerprint density at radius 2 is 1.90 bits per heavy atom. The summed E-state index contributed by atoms with van der Waals surface area (Å²) in [4.78, 5) is 18.3. The number of thiazole rings is 1. The van der Waals surface area contributed by atoms with Crippen LogP contribution in [0.5, 0.6) is 5.75 Å². The summed E-state index contributed by atoms with van der Waals surface area (Å²) >= 11 is 1.47. The molecule has 2 aromatic carbocycles. The van der Waals surface area contributed by atoms with Crippen molar-refractivity contribution in [1.82, 2.24) is 4.98 Å². The van der Waals surface area contributed by atoms with E-state index in [4.69, 9.17) is 4.74 Å². The second-order valence-electron chi connectivity index (χ2n) is 7.03. The van der Waals surface area contributed by atoms with Crippen LogP contribution in [0, 0.1) is 6.92 Å². The molecule has 1 amide bonds. The fraction of sp³-hybridized carbons (Fsp3) is 0.238. The molecular weight excluding hydrogens is 422 g/mol. The van der Waals surface area contributed by atoms with Crippen molar-refractivity contribution in [3.63, 3.8) is 0 Å². The Hall–Kier alpha value is -2.91. The molecule has 0 spiro atoms. The molecule has 0 fully saturated rings. The Morgan fingerprint density at radius 1 is 1.13 bits per heavy atom. The molecule has 1 aliphatic carbocycles. The van der Waals surface area contributed by atoms with E-state index in [1.54, 1.807) is 12.1 Å². The number of anilines is 2. The fourth-order valence-electron chi connectivity index (χ4n) is 3.27. The van der Waals surface area contributed by atoms with Gasteiger partial charge >= 0.3 is 0 Å². The number of aromatic nitrogens is 1. The number of sulfonamides is 1. The number of hydrogen-bond acceptors (Lipinski definition) is 6. The lowest BCUT2D eigenvalue weighted by Gasteiger charge is -2.13. The van der Waals surface area contributed by atoms with Crippen LogP contribution in [0.2, 0.25) is 0 Å². The molecule has 0 radical (unpaired) electrons. The number of fused-ring (bicyclic) bond motifs is 1. The lowest BCUT2D eigenvalue weighted by atomic mass is 10.2. The average Bonchev–Trinajstić information content (AvgIpc) is 3.30. The monoisotopic (exact) mass is 443 g/mol. The molecule has 1 heterocycles. The molecule has 0 saturated heterocycles. The van der Waals surface area contributed by atoms with Crippen LogP contribution in [0.3, 0.4) is 0 Å². The van der Waals surface area contributed by atoms with E-state index in [-0.39, 0.29) is 16.2 Å². The van der Waals surface area contributed by atoms with Crippen molar-refractivity contribution in [3.05, 3.63) is 64.2 Å². The standard InChI is InChI=1S/C21H21N3O4S2/c1-13-6-9-15(10-7-13)24-30(26,27)19-12-14(8-11-17(19)28-2)20(25)23-21-22-16-4-3-5-18(16)29-21/h6-12,24H,3-5H2,1-2H3,(H,22,23,25). The third-order valence-electron chi connectivity index (χ3n) is 4.84. The average molecular weight is 444 g/mol. The number of amides is 1. The zero-order valence-corrected chi connectivity index (χ0v) is 18.2. The molecule has 0 aliphatic heterocycles. The Balaban J connectivity index is 1.60. The maximum absolute atomic E-state index is 13.0. The number of nitrogens with one attached hydrogen (secondary N) is 2. The quantitative estimate of drug-likeness (QED) is 0.600. The molecule has 0 saturated carbocycles. The maximum atomic E-state index is 13.0. The number of methoxy groups -OCH3 is 1. The summed E-state index contributed by atoms with van der Waals surface area (Å²) in [6, 6.07) is 11.3. The number of ether oxygens (including phenoxy) is 1. The van der Waals surface area contributed by atoms with Crippen molar-refractivity contribution in [2.45, 2.75) is 31.1 Å². The molecule has 0 atom stereocenters. The summed E-state index contributed by atoms with van der Waals surface area (Å²) in [7, 11) is -2.58. The van der Waals surface area contributed by atoms with E-state index in [1.807, 2.05) is 19.1 Å². The highest BCUT2D eigenvalue weighted by Crippen LogP contribution is 2.31. The Kier molecular flexibility index (Phi) is 5.48. The smallest absolute Gasteiger partial charge is 0.265 e. The van der Waals surface area contributed by atoms with E-state index >= 15 is 0 Å². The number of nitrogens with zero attached hydrogens (tertiary/aromatic N) is 1. The highest BCUT2D eigenvalue weighted by Gasteiger charge is 2.23. The zero-order valence-electron chi connectivity index (χ0n) is 16.6. The van der Waals surface area contributed by atoms with Crippen molar-refractivity contribution >= 4 is 38.1 Å². The lowest BCUT2D eigenvalue weighted by Crippen LogP contribution is -2.17. The summed E-state index contributed by atoms with van der Waals surface area (Å²) in [5.74, 6) is -0.267. The molecule has 7 nitrogen and oxygen atoms in total. The molecule has 156 valence electrons. The minimum Gasteiger partial charge on any atom is -0.495 e. The predicted octanol–water partition coefficient (Wildman–Crippen LogP) is 4.00. The first-order valence-electron chi connectivity index (χ1n) is 9.43. The number of aryl methyl sites for hydroxylation is 3. The molecule has 30 heavy (non-hydrogen) atoms. The number of hydrogen-bond donors (Lipinski definition) is 2. The van der Waals surface area contributed by atoms with Gasteiger partial charge in [0.15, 0.2) is 5.13 Å². The van der Waals surface area contributed by atoms with Gasteiger partial charge in [-0.15, -0.1) is 11.3 Å². The fourth-order valence-corrected chi connectivity index (χ4v) is 5.57. The van der Waals surface area contributed by atoms with E-state index in [0.29, 0.717) is 10.8 Å². The van der Waals surface area contributed by atoms with Crippen LogP contribution in [-0.4, -0.2) is 26.4 Å². The third kappa shape index (κ3) is 4.17. The molecule has 0 bridgehead atoms. The van der Waals surface area contributed by atoms with E-state index in [0.717, 1.165) is 30.5 Å². The Bertz CT molecular complexity index is 1180. The lowest BCUT2D eigenvalue weighted by molar-refractivity contribution is 0.102. The molecule has 0 unspecified atom stereocenters. The van der Waals surface area contributed by atoms with Crippen LogP contribution < -0.4 is 14.8 Å². The van der Waals surface area contributed by atoms with Gasteiger partial charge in [-0.05, 0) is 56.5 Å². The number of carbonyl (C=O) groups is 1. The maximum Gasteiger partial charge on any atom is 0.265 e. The van der Waals surface area contributed by atoms with Gasteiger partial charge < -0.3 is 4.74 Å². The van der Waals surface area contributed by atoms with Gasteiger partial charge in [0, 0.05) is 16.1 Å². The van der Waals surface area contributed by atoms with Crippen LogP contribution in [0.15, 0.2) is 47.4 Å². The molecule has 1 aromatic heterocycles. The molecule has 2 N–H and O–H groups in total. The van der Waals surface area contributed by atoms with Gasteiger partial charge in [-0.25, -0.2) is 13.4 Å². The molecule has 1 aliphatic rings. The number of rotatable bonds is 6. The van der Waals surface area contributed by atoms with E-state index < -0.39 is 15.9 Å². The number of benzene rings is 2. The molecular formula is C21H21N3O4S2. The van der Waals surface area contributed by atoms with Crippen LogP contribution >= 0.6 is 11.3 Å². The van der Waals surface area contributed by atoms with Crippen molar-refractivity contribution < 1.29 is 17.9 Å². The van der Waals surface area contributed by atoms with Gasteiger partial charge in [-0.2, -0.15) is 0 Å². The summed E-state index contributed by atoms with van der Waals surface area (Å²) in [5.41, 5.74) is 2.68. The first-order valence-corrected chi connectivity index (χ1v) is 11.7. The van der Waals surface area contributed by atoms with Gasteiger partial charge in [-0.3, -0.25) is 14.8 Å². The first-order chi connectivity index (χ1) is 14.4. The van der Waals surface area contributed by atoms with Gasteiger partial charge in [0.05, 0.1) is 12.8 Å². The van der Waals surface area contributed by atoms with Crippen molar-refractivity contribution in [3.8, 4) is 5.75 Å². The van der Waals surface area contributed by atoms with Gasteiger partial charge in [0.25, 0.3) is 15.9 Å². The van der Waals surface area contributed by atoms with Crippen LogP contribution in [0.4, 0.5) is 10.8 Å². The normalized spacial score (nSPS) is 13.0. The highest BCUT2D eigenvalue weighted by molar-refractivity contribution is 7.92. The van der Waals surface area contributed by atoms with E-state index in [9.17, 15) is 13.2 Å².